The lowest BCUT2D eigenvalue weighted by Gasteiger charge is -2.26. The molecule has 1 saturated heterocycles. The zero-order valence-corrected chi connectivity index (χ0v) is 17.2. The van der Waals surface area contributed by atoms with Crippen molar-refractivity contribution in [2.24, 2.45) is 0 Å². The third-order valence-corrected chi connectivity index (χ3v) is 7.30. The fraction of sp³-hybridized carbons (Fsp3) is 0.190. The molecule has 0 bridgehead atoms. The summed E-state index contributed by atoms with van der Waals surface area (Å²) in [6.45, 7) is 1.46. The molecule has 0 saturated carbocycles. The number of hydrogen-bond acceptors (Lipinski definition) is 5. The molecule has 0 unspecified atom stereocenters. The molecule has 2 heterocycles. The van der Waals surface area contributed by atoms with Gasteiger partial charge in [-0.15, -0.1) is 0 Å². The van der Waals surface area contributed by atoms with E-state index in [2.05, 4.69) is 10.7 Å². The number of ether oxygens (including phenoxy) is 1. The van der Waals surface area contributed by atoms with E-state index in [1.54, 1.807) is 11.3 Å². The van der Waals surface area contributed by atoms with Crippen LogP contribution in [0.3, 0.4) is 0 Å². The third-order valence-electron chi connectivity index (χ3n) is 4.70. The van der Waals surface area contributed by atoms with E-state index in [-0.39, 0.29) is 10.8 Å². The van der Waals surface area contributed by atoms with Crippen LogP contribution in [0.4, 0.5) is 5.69 Å². The van der Waals surface area contributed by atoms with E-state index in [1.807, 2.05) is 35.7 Å². The van der Waals surface area contributed by atoms with E-state index in [0.29, 0.717) is 37.6 Å². The predicted molar refractivity (Wildman–Crippen MR) is 114 cm³/mol. The summed E-state index contributed by atoms with van der Waals surface area (Å²) in [4.78, 5) is 12.8. The molecule has 2 aromatic carbocycles. The first-order valence-corrected chi connectivity index (χ1v) is 11.5. The Morgan fingerprint density at radius 1 is 1.00 bits per heavy atom. The molecule has 1 N–H and O–H groups in total. The minimum absolute atomic E-state index is 0.176. The molecule has 1 aromatic heterocycles. The van der Waals surface area contributed by atoms with Crippen molar-refractivity contribution < 1.29 is 17.9 Å². The maximum Gasteiger partial charge on any atom is 0.255 e. The molecule has 1 fully saturated rings. The Morgan fingerprint density at radius 3 is 2.45 bits per heavy atom. The fourth-order valence-electron chi connectivity index (χ4n) is 3.12. The van der Waals surface area contributed by atoms with Gasteiger partial charge in [0.15, 0.2) is 0 Å². The molecule has 0 radical (unpaired) electrons. The first-order valence-electron chi connectivity index (χ1n) is 9.16. The van der Waals surface area contributed by atoms with E-state index in [9.17, 15) is 13.2 Å². The lowest BCUT2D eigenvalue weighted by atomic mass is 10.1. The molecule has 0 atom stereocenters. The lowest BCUT2D eigenvalue weighted by Crippen LogP contribution is -2.40. The number of sulfonamides is 1. The van der Waals surface area contributed by atoms with E-state index in [1.165, 1.54) is 28.6 Å². The molecule has 4 rings (SSSR count). The number of morpholine rings is 1. The number of hydrogen-bond donors (Lipinski definition) is 1. The van der Waals surface area contributed by atoms with Gasteiger partial charge in [-0.25, -0.2) is 8.42 Å². The van der Waals surface area contributed by atoms with Crippen LogP contribution in [0.25, 0.3) is 11.1 Å². The smallest absolute Gasteiger partial charge is 0.255 e. The quantitative estimate of drug-likeness (QED) is 0.673. The van der Waals surface area contributed by atoms with Gasteiger partial charge in [-0.2, -0.15) is 15.6 Å². The Labute approximate surface area is 173 Å². The number of anilines is 1. The summed E-state index contributed by atoms with van der Waals surface area (Å²) < 4.78 is 32.0. The van der Waals surface area contributed by atoms with Crippen LogP contribution in [-0.4, -0.2) is 44.9 Å². The summed E-state index contributed by atoms with van der Waals surface area (Å²) in [6, 6.07) is 15.7. The van der Waals surface area contributed by atoms with Crippen molar-refractivity contribution in [1.82, 2.24) is 4.31 Å². The van der Waals surface area contributed by atoms with E-state index >= 15 is 0 Å². The zero-order chi connectivity index (χ0) is 20.3. The van der Waals surface area contributed by atoms with Crippen LogP contribution in [-0.2, 0) is 14.8 Å². The molecule has 6 nitrogen and oxygen atoms in total. The van der Waals surface area contributed by atoms with Gasteiger partial charge in [-0.3, -0.25) is 4.79 Å². The third kappa shape index (κ3) is 4.40. The summed E-state index contributed by atoms with van der Waals surface area (Å²) in [6.07, 6.45) is 0. The molecule has 0 spiro atoms. The molecule has 150 valence electrons. The summed E-state index contributed by atoms with van der Waals surface area (Å²) in [5.74, 6) is -0.289. The fourth-order valence-corrected chi connectivity index (χ4v) is 5.20. The van der Waals surface area contributed by atoms with Crippen molar-refractivity contribution in [3.8, 4) is 11.1 Å². The maximum atomic E-state index is 12.7. The standard InChI is InChI=1S/C21H20N2O4S2/c24-21(22-19-3-1-2-17(14-19)18-8-13-28-15-18)16-4-6-20(7-5-16)29(25,26)23-9-11-27-12-10-23/h1-8,13-15H,9-12H2,(H,22,24). The van der Waals surface area contributed by atoms with Gasteiger partial charge in [0.2, 0.25) is 10.0 Å². The molecular weight excluding hydrogens is 408 g/mol. The summed E-state index contributed by atoms with van der Waals surface area (Å²) in [7, 11) is -3.57. The van der Waals surface area contributed by atoms with Crippen LogP contribution < -0.4 is 5.32 Å². The maximum absolute atomic E-state index is 12.7. The van der Waals surface area contributed by atoms with Gasteiger partial charge in [0.05, 0.1) is 18.1 Å². The molecule has 1 aliphatic heterocycles. The largest absolute Gasteiger partial charge is 0.379 e. The Morgan fingerprint density at radius 2 is 1.76 bits per heavy atom. The van der Waals surface area contributed by atoms with Crippen molar-refractivity contribution in [1.29, 1.82) is 0 Å². The van der Waals surface area contributed by atoms with Gasteiger partial charge in [-0.1, -0.05) is 12.1 Å². The number of carbonyl (C=O) groups is 1. The van der Waals surface area contributed by atoms with Gasteiger partial charge in [0.25, 0.3) is 5.91 Å². The highest BCUT2D eigenvalue weighted by molar-refractivity contribution is 7.89. The van der Waals surface area contributed by atoms with Crippen molar-refractivity contribution in [3.63, 3.8) is 0 Å². The average Bonchev–Trinajstić information content (AvgIpc) is 3.30. The lowest BCUT2D eigenvalue weighted by molar-refractivity contribution is 0.0730. The Bertz CT molecular complexity index is 1090. The van der Waals surface area contributed by atoms with Gasteiger partial charge in [0.1, 0.15) is 0 Å². The number of benzene rings is 2. The Hall–Kier alpha value is -2.52. The second-order valence-electron chi connectivity index (χ2n) is 6.59. The molecule has 8 heteroatoms. The van der Waals surface area contributed by atoms with Gasteiger partial charge >= 0.3 is 0 Å². The highest BCUT2D eigenvalue weighted by atomic mass is 32.2. The van der Waals surface area contributed by atoms with Crippen molar-refractivity contribution in [2.75, 3.05) is 31.6 Å². The van der Waals surface area contributed by atoms with Crippen LogP contribution in [0.5, 0.6) is 0 Å². The minimum Gasteiger partial charge on any atom is -0.379 e. The van der Waals surface area contributed by atoms with Crippen molar-refractivity contribution in [2.45, 2.75) is 4.90 Å². The Balaban J connectivity index is 1.48. The monoisotopic (exact) mass is 428 g/mol. The molecular formula is C21H20N2O4S2. The van der Waals surface area contributed by atoms with Gasteiger partial charge < -0.3 is 10.1 Å². The minimum atomic E-state index is -3.57. The molecule has 1 aliphatic rings. The normalized spacial score (nSPS) is 15.2. The number of thiophene rings is 1. The molecule has 29 heavy (non-hydrogen) atoms. The van der Waals surface area contributed by atoms with E-state index in [4.69, 9.17) is 4.74 Å². The van der Waals surface area contributed by atoms with Crippen LogP contribution in [0.15, 0.2) is 70.3 Å². The van der Waals surface area contributed by atoms with Crippen molar-refractivity contribution >= 4 is 33.0 Å². The first kappa shape index (κ1) is 19.8. The second-order valence-corrected chi connectivity index (χ2v) is 9.31. The van der Waals surface area contributed by atoms with Crippen LogP contribution >= 0.6 is 11.3 Å². The average molecular weight is 429 g/mol. The van der Waals surface area contributed by atoms with Gasteiger partial charge in [0, 0.05) is 24.3 Å². The predicted octanol–water partition coefficient (Wildman–Crippen LogP) is 3.69. The molecule has 1 amide bonds. The number of carbonyl (C=O) groups excluding carboxylic acids is 1. The second kappa shape index (κ2) is 8.46. The van der Waals surface area contributed by atoms with Crippen LogP contribution in [0.1, 0.15) is 10.4 Å². The topological polar surface area (TPSA) is 75.7 Å². The number of rotatable bonds is 5. The summed E-state index contributed by atoms with van der Waals surface area (Å²) in [5.41, 5.74) is 3.20. The molecule has 3 aromatic rings. The molecule has 0 aliphatic carbocycles. The number of amides is 1. The summed E-state index contributed by atoms with van der Waals surface area (Å²) in [5, 5.41) is 6.93. The van der Waals surface area contributed by atoms with E-state index in [0.717, 1.165) is 11.1 Å². The highest BCUT2D eigenvalue weighted by Crippen LogP contribution is 2.25. The van der Waals surface area contributed by atoms with Gasteiger partial charge in [-0.05, 0) is 64.4 Å². The Kier molecular flexibility index (Phi) is 5.77. The van der Waals surface area contributed by atoms with Crippen molar-refractivity contribution in [3.05, 3.63) is 70.9 Å². The van der Waals surface area contributed by atoms with E-state index < -0.39 is 10.0 Å². The van der Waals surface area contributed by atoms with Crippen LogP contribution in [0, 0.1) is 0 Å². The highest BCUT2D eigenvalue weighted by Gasteiger charge is 2.26. The number of nitrogens with zero attached hydrogens (tertiary/aromatic N) is 1. The van der Waals surface area contributed by atoms with Crippen LogP contribution in [0.2, 0.25) is 0 Å². The first-order chi connectivity index (χ1) is 14.0. The SMILES string of the molecule is O=C(Nc1cccc(-c2ccsc2)c1)c1ccc(S(=O)(=O)N2CCOCC2)cc1. The summed E-state index contributed by atoms with van der Waals surface area (Å²) >= 11 is 1.62. The zero-order valence-electron chi connectivity index (χ0n) is 15.6. The number of nitrogens with one attached hydrogen (secondary N) is 1.